The number of hydrogen-bond donors (Lipinski definition) is 3. The second kappa shape index (κ2) is 15.0. The number of allylic oxidation sites excluding steroid dienone is 1. The number of carbonyl (C=O) groups is 1. The smallest absolute Gasteiger partial charge is 0.323 e. The van der Waals surface area contributed by atoms with Crippen LogP contribution in [0.4, 0.5) is 0 Å². The largest absolute Gasteiger partial charge is 0.480 e. The van der Waals surface area contributed by atoms with E-state index in [0.717, 1.165) is 12.8 Å². The van der Waals surface area contributed by atoms with Crippen molar-refractivity contribution in [3.63, 3.8) is 0 Å². The number of unbranched alkanes of at least 4 members (excludes halogenated alkanes) is 11. The third-order valence-corrected chi connectivity index (χ3v) is 3.96. The van der Waals surface area contributed by atoms with Crippen molar-refractivity contribution >= 4 is 5.97 Å². The molecular formula is C18H35NO3. The van der Waals surface area contributed by atoms with Gasteiger partial charge in [0, 0.05) is 0 Å². The topological polar surface area (TPSA) is 83.5 Å². The van der Waals surface area contributed by atoms with Gasteiger partial charge < -0.3 is 15.9 Å². The number of rotatable bonds is 15. The highest BCUT2D eigenvalue weighted by Gasteiger charge is 2.18. The van der Waals surface area contributed by atoms with Gasteiger partial charge in [-0.05, 0) is 12.8 Å². The van der Waals surface area contributed by atoms with Crippen molar-refractivity contribution in [3.8, 4) is 0 Å². The monoisotopic (exact) mass is 313 g/mol. The molecule has 0 heterocycles. The van der Waals surface area contributed by atoms with Gasteiger partial charge in [-0.15, -0.1) is 0 Å². The molecule has 0 aliphatic carbocycles. The Morgan fingerprint density at radius 2 is 1.41 bits per heavy atom. The minimum atomic E-state index is -1.23. The molecule has 0 radical (unpaired) electrons. The lowest BCUT2D eigenvalue weighted by molar-refractivity contribution is -0.140. The summed E-state index contributed by atoms with van der Waals surface area (Å²) < 4.78 is 0. The van der Waals surface area contributed by atoms with Crippen LogP contribution in [0, 0.1) is 0 Å². The van der Waals surface area contributed by atoms with E-state index in [-0.39, 0.29) is 0 Å². The number of aliphatic hydroxyl groups is 1. The Labute approximate surface area is 135 Å². The van der Waals surface area contributed by atoms with Crippen molar-refractivity contribution in [2.24, 2.45) is 5.73 Å². The first-order chi connectivity index (χ1) is 10.6. The molecule has 0 aromatic heterocycles. The van der Waals surface area contributed by atoms with Gasteiger partial charge in [0.15, 0.2) is 0 Å². The zero-order valence-electron chi connectivity index (χ0n) is 14.2. The van der Waals surface area contributed by atoms with Crippen LogP contribution >= 0.6 is 0 Å². The number of carboxylic acids is 1. The molecule has 0 aliphatic heterocycles. The van der Waals surface area contributed by atoms with Crippen LogP contribution in [-0.4, -0.2) is 28.3 Å². The fraction of sp³-hybridized carbons (Fsp3) is 0.833. The molecule has 2 atom stereocenters. The van der Waals surface area contributed by atoms with E-state index < -0.39 is 18.1 Å². The van der Waals surface area contributed by atoms with Crippen LogP contribution in [-0.2, 0) is 4.79 Å². The fourth-order valence-corrected chi connectivity index (χ4v) is 2.43. The Balaban J connectivity index is 3.31. The van der Waals surface area contributed by atoms with Crippen LogP contribution in [0.3, 0.4) is 0 Å². The number of carboxylic acid groups (broad SMARTS) is 1. The average molecular weight is 313 g/mol. The van der Waals surface area contributed by atoms with Crippen LogP contribution in [0.15, 0.2) is 12.2 Å². The summed E-state index contributed by atoms with van der Waals surface area (Å²) in [5, 5.41) is 18.1. The molecule has 130 valence electrons. The molecule has 2 unspecified atom stereocenters. The summed E-state index contributed by atoms with van der Waals surface area (Å²) in [6.45, 7) is 2.25. The molecule has 0 saturated carbocycles. The van der Waals surface area contributed by atoms with Crippen LogP contribution in [0.5, 0.6) is 0 Å². The molecule has 4 heteroatoms. The molecular weight excluding hydrogens is 278 g/mol. The van der Waals surface area contributed by atoms with Crippen molar-refractivity contribution in [3.05, 3.63) is 12.2 Å². The third-order valence-electron chi connectivity index (χ3n) is 3.96. The summed E-state index contributed by atoms with van der Waals surface area (Å²) in [5.41, 5.74) is 5.31. The Hall–Kier alpha value is -0.870. The van der Waals surface area contributed by atoms with Gasteiger partial charge >= 0.3 is 5.97 Å². The maximum Gasteiger partial charge on any atom is 0.323 e. The predicted molar refractivity (Wildman–Crippen MR) is 91.8 cm³/mol. The summed E-state index contributed by atoms with van der Waals surface area (Å²) in [4.78, 5) is 10.6. The second-order valence-corrected chi connectivity index (χ2v) is 6.11. The van der Waals surface area contributed by atoms with Gasteiger partial charge in [-0.2, -0.15) is 0 Å². The lowest BCUT2D eigenvalue weighted by Gasteiger charge is -2.09. The van der Waals surface area contributed by atoms with Gasteiger partial charge in [0.05, 0.1) is 6.10 Å². The first kappa shape index (κ1) is 21.1. The molecule has 0 aromatic rings. The first-order valence-corrected chi connectivity index (χ1v) is 8.92. The molecule has 0 aliphatic rings. The lowest BCUT2D eigenvalue weighted by Crippen LogP contribution is -2.40. The Morgan fingerprint density at radius 1 is 0.955 bits per heavy atom. The standard InChI is InChI=1S/C18H35NO3/c1-2-3-4-5-6-7-8-9-10-11-12-13-14-15-16(20)17(19)18(21)22/h14-17,20H,2-13,19H2,1H3,(H,21,22)/b15-14+. The zero-order chi connectivity index (χ0) is 16.6. The van der Waals surface area contributed by atoms with Crippen LogP contribution in [0.1, 0.15) is 84.0 Å². The van der Waals surface area contributed by atoms with E-state index in [0.29, 0.717) is 0 Å². The maximum atomic E-state index is 10.6. The van der Waals surface area contributed by atoms with Crippen molar-refractivity contribution in [2.75, 3.05) is 0 Å². The van der Waals surface area contributed by atoms with E-state index in [1.807, 2.05) is 6.08 Å². The molecule has 0 aromatic carbocycles. The third kappa shape index (κ3) is 12.8. The van der Waals surface area contributed by atoms with E-state index in [1.54, 1.807) is 0 Å². The maximum absolute atomic E-state index is 10.6. The Bertz CT molecular complexity index is 292. The molecule has 0 fully saturated rings. The van der Waals surface area contributed by atoms with E-state index in [2.05, 4.69) is 6.92 Å². The van der Waals surface area contributed by atoms with E-state index in [9.17, 15) is 9.90 Å². The SMILES string of the molecule is CCCCCCCCCCCCC/C=C/C(O)C(N)C(=O)O. The van der Waals surface area contributed by atoms with E-state index in [1.165, 1.54) is 70.3 Å². The second-order valence-electron chi connectivity index (χ2n) is 6.11. The summed E-state index contributed by atoms with van der Waals surface area (Å²) >= 11 is 0. The summed E-state index contributed by atoms with van der Waals surface area (Å²) in [5.74, 6) is -1.17. The summed E-state index contributed by atoms with van der Waals surface area (Å²) in [7, 11) is 0. The van der Waals surface area contributed by atoms with Gasteiger partial charge in [0.2, 0.25) is 0 Å². The van der Waals surface area contributed by atoms with Gasteiger partial charge in [-0.1, -0.05) is 83.3 Å². The number of hydrogen-bond acceptors (Lipinski definition) is 3. The summed E-state index contributed by atoms with van der Waals surface area (Å²) in [6, 6.07) is -1.23. The average Bonchev–Trinajstić information content (AvgIpc) is 2.50. The normalized spacial score (nSPS) is 14.3. The van der Waals surface area contributed by atoms with Crippen molar-refractivity contribution in [2.45, 2.75) is 96.1 Å². The fourth-order valence-electron chi connectivity index (χ4n) is 2.43. The minimum absolute atomic E-state index is 0.875. The van der Waals surface area contributed by atoms with E-state index >= 15 is 0 Å². The number of nitrogens with two attached hydrogens (primary N) is 1. The van der Waals surface area contributed by atoms with Gasteiger partial charge in [0.1, 0.15) is 6.04 Å². The summed E-state index contributed by atoms with van der Waals surface area (Å²) in [6.07, 6.45) is 17.5. The van der Waals surface area contributed by atoms with Crippen LogP contribution < -0.4 is 5.73 Å². The molecule has 0 spiro atoms. The Morgan fingerprint density at radius 3 is 1.86 bits per heavy atom. The van der Waals surface area contributed by atoms with Gasteiger partial charge in [-0.25, -0.2) is 0 Å². The molecule has 0 amide bonds. The molecule has 4 N–H and O–H groups in total. The van der Waals surface area contributed by atoms with Gasteiger partial charge in [0.25, 0.3) is 0 Å². The minimum Gasteiger partial charge on any atom is -0.480 e. The number of aliphatic carboxylic acids is 1. The van der Waals surface area contributed by atoms with Crippen molar-refractivity contribution < 1.29 is 15.0 Å². The van der Waals surface area contributed by atoms with Crippen LogP contribution in [0.25, 0.3) is 0 Å². The highest BCUT2D eigenvalue weighted by atomic mass is 16.4. The molecule has 0 bridgehead atoms. The van der Waals surface area contributed by atoms with E-state index in [4.69, 9.17) is 10.8 Å². The molecule has 0 rings (SSSR count). The van der Waals surface area contributed by atoms with Crippen molar-refractivity contribution in [1.29, 1.82) is 0 Å². The molecule has 0 saturated heterocycles. The first-order valence-electron chi connectivity index (χ1n) is 8.92. The quantitative estimate of drug-likeness (QED) is 0.315. The zero-order valence-corrected chi connectivity index (χ0v) is 14.2. The highest BCUT2D eigenvalue weighted by molar-refractivity contribution is 5.74. The van der Waals surface area contributed by atoms with Crippen molar-refractivity contribution in [1.82, 2.24) is 0 Å². The highest BCUT2D eigenvalue weighted by Crippen LogP contribution is 2.12. The predicted octanol–water partition coefficient (Wildman–Crippen LogP) is 4.02. The number of aliphatic hydroxyl groups excluding tert-OH is 1. The van der Waals surface area contributed by atoms with Crippen LogP contribution in [0.2, 0.25) is 0 Å². The lowest BCUT2D eigenvalue weighted by atomic mass is 10.0. The molecule has 22 heavy (non-hydrogen) atoms. The Kier molecular flexibility index (Phi) is 14.4. The van der Waals surface area contributed by atoms with Gasteiger partial charge in [-0.3, -0.25) is 4.79 Å². The molecule has 4 nitrogen and oxygen atoms in total.